The van der Waals surface area contributed by atoms with Crippen molar-refractivity contribution in [1.82, 2.24) is 0 Å². The van der Waals surface area contributed by atoms with Gasteiger partial charge in [-0.1, -0.05) is 12.1 Å². The lowest BCUT2D eigenvalue weighted by molar-refractivity contribution is -0.385. The van der Waals surface area contributed by atoms with E-state index < -0.39 is 17.0 Å². The Bertz CT molecular complexity index is 462. The van der Waals surface area contributed by atoms with Gasteiger partial charge in [-0.3, -0.25) is 10.1 Å². The van der Waals surface area contributed by atoms with Crippen molar-refractivity contribution in [2.75, 3.05) is 13.2 Å². The van der Waals surface area contributed by atoms with Crippen molar-refractivity contribution in [2.45, 2.75) is 25.4 Å². The van der Waals surface area contributed by atoms with Crippen LogP contribution in [0.25, 0.3) is 0 Å². The van der Waals surface area contributed by atoms with E-state index in [1.165, 1.54) is 24.3 Å². The van der Waals surface area contributed by atoms with Gasteiger partial charge in [0.25, 0.3) is 5.69 Å². The zero-order chi connectivity index (χ0) is 15.0. The molecular formula is C13H17NO6. The third-order valence-corrected chi connectivity index (χ3v) is 2.70. The number of carbonyl (C=O) groups is 1. The molecule has 0 aliphatic heterocycles. The van der Waals surface area contributed by atoms with Crippen LogP contribution in [0.15, 0.2) is 24.3 Å². The Kier molecular flexibility index (Phi) is 6.61. The number of nitro groups is 1. The van der Waals surface area contributed by atoms with Gasteiger partial charge in [0.2, 0.25) is 0 Å². The number of benzene rings is 1. The average Bonchev–Trinajstić information content (AvgIpc) is 2.46. The Morgan fingerprint density at radius 3 is 2.70 bits per heavy atom. The van der Waals surface area contributed by atoms with E-state index in [0.29, 0.717) is 19.3 Å². The zero-order valence-electron chi connectivity index (χ0n) is 10.9. The molecule has 0 aliphatic carbocycles. The quantitative estimate of drug-likeness (QED) is 0.322. The lowest BCUT2D eigenvalue weighted by Gasteiger charge is -2.07. The van der Waals surface area contributed by atoms with Crippen LogP contribution in [0.5, 0.6) is 0 Å². The molecule has 2 N–H and O–H groups in total. The Balaban J connectivity index is 2.42. The molecule has 0 amide bonds. The number of unbranched alkanes of at least 4 members (excludes halogenated alkanes) is 1. The molecule has 0 bridgehead atoms. The van der Waals surface area contributed by atoms with E-state index in [9.17, 15) is 14.9 Å². The van der Waals surface area contributed by atoms with Crippen molar-refractivity contribution in [3.05, 3.63) is 39.9 Å². The van der Waals surface area contributed by atoms with Gasteiger partial charge < -0.3 is 14.9 Å². The number of nitro benzene ring substituents is 1. The number of aliphatic hydroxyl groups excluding tert-OH is 2. The summed E-state index contributed by atoms with van der Waals surface area (Å²) < 4.78 is 4.95. The van der Waals surface area contributed by atoms with Gasteiger partial charge >= 0.3 is 5.97 Å². The Morgan fingerprint density at radius 1 is 1.35 bits per heavy atom. The monoisotopic (exact) mass is 283 g/mol. The molecule has 7 nitrogen and oxygen atoms in total. The fourth-order valence-electron chi connectivity index (χ4n) is 1.62. The first-order valence-corrected chi connectivity index (χ1v) is 6.25. The lowest BCUT2D eigenvalue weighted by atomic mass is 10.1. The molecule has 1 aromatic carbocycles. The van der Waals surface area contributed by atoms with Gasteiger partial charge in [-0.25, -0.2) is 4.79 Å². The van der Waals surface area contributed by atoms with Crippen LogP contribution in [0.2, 0.25) is 0 Å². The minimum atomic E-state index is -0.763. The van der Waals surface area contributed by atoms with Crippen LogP contribution in [0, 0.1) is 10.1 Å². The molecule has 1 unspecified atom stereocenters. The second kappa shape index (κ2) is 8.23. The van der Waals surface area contributed by atoms with Crippen LogP contribution in [0.4, 0.5) is 5.69 Å². The SMILES string of the molecule is O=C(OCCCCC(O)CO)c1ccccc1[N+](=O)[O-]. The Labute approximate surface area is 116 Å². The number of esters is 1. The number of aliphatic hydroxyl groups is 2. The highest BCUT2D eigenvalue weighted by Crippen LogP contribution is 2.18. The van der Waals surface area contributed by atoms with Gasteiger partial charge in [0.05, 0.1) is 24.2 Å². The highest BCUT2D eigenvalue weighted by Gasteiger charge is 2.20. The third kappa shape index (κ3) is 4.94. The predicted molar refractivity (Wildman–Crippen MR) is 70.3 cm³/mol. The van der Waals surface area contributed by atoms with Crippen molar-refractivity contribution in [1.29, 1.82) is 0 Å². The van der Waals surface area contributed by atoms with E-state index in [0.717, 1.165) is 0 Å². The normalized spacial score (nSPS) is 11.9. The molecule has 0 fully saturated rings. The molecule has 7 heteroatoms. The molecule has 0 radical (unpaired) electrons. The summed E-state index contributed by atoms with van der Waals surface area (Å²) in [7, 11) is 0. The predicted octanol–water partition coefficient (Wildman–Crippen LogP) is 1.28. The highest BCUT2D eigenvalue weighted by molar-refractivity contribution is 5.93. The van der Waals surface area contributed by atoms with Crippen LogP contribution in [-0.4, -0.2) is 40.4 Å². The van der Waals surface area contributed by atoms with Crippen molar-refractivity contribution in [3.8, 4) is 0 Å². The summed E-state index contributed by atoms with van der Waals surface area (Å²) in [5.41, 5.74) is -0.360. The number of para-hydroxylation sites is 1. The van der Waals surface area contributed by atoms with Gasteiger partial charge in [-0.05, 0) is 25.3 Å². The summed E-state index contributed by atoms with van der Waals surface area (Å²) >= 11 is 0. The first-order chi connectivity index (χ1) is 9.56. The van der Waals surface area contributed by atoms with Gasteiger partial charge in [0.15, 0.2) is 0 Å². The molecular weight excluding hydrogens is 266 g/mol. The number of rotatable bonds is 8. The van der Waals surface area contributed by atoms with Crippen LogP contribution >= 0.6 is 0 Å². The summed E-state index contributed by atoms with van der Waals surface area (Å²) in [5, 5.41) is 28.5. The van der Waals surface area contributed by atoms with E-state index in [1.54, 1.807) is 0 Å². The first-order valence-electron chi connectivity index (χ1n) is 6.25. The smallest absolute Gasteiger partial charge is 0.345 e. The van der Waals surface area contributed by atoms with E-state index in [4.69, 9.17) is 14.9 Å². The van der Waals surface area contributed by atoms with Gasteiger partial charge in [-0.15, -0.1) is 0 Å². The highest BCUT2D eigenvalue weighted by atomic mass is 16.6. The number of nitrogens with zero attached hydrogens (tertiary/aromatic N) is 1. The summed E-state index contributed by atoms with van der Waals surface area (Å²) in [6.45, 7) is -0.182. The maximum absolute atomic E-state index is 11.7. The molecule has 1 rings (SSSR count). The topological polar surface area (TPSA) is 110 Å². The standard InChI is InChI=1S/C13H17NO6/c15-9-10(16)5-3-4-8-20-13(17)11-6-1-2-7-12(11)14(18)19/h1-2,6-7,10,15-16H,3-5,8-9H2. The second-order valence-electron chi connectivity index (χ2n) is 4.24. The molecule has 0 heterocycles. The maximum atomic E-state index is 11.7. The van der Waals surface area contributed by atoms with Crippen molar-refractivity contribution >= 4 is 11.7 Å². The van der Waals surface area contributed by atoms with Crippen LogP contribution in [-0.2, 0) is 4.74 Å². The van der Waals surface area contributed by atoms with Crippen LogP contribution in [0.3, 0.4) is 0 Å². The minimum Gasteiger partial charge on any atom is -0.462 e. The maximum Gasteiger partial charge on any atom is 0.345 e. The largest absolute Gasteiger partial charge is 0.462 e. The number of carbonyl (C=O) groups excluding carboxylic acids is 1. The minimum absolute atomic E-state index is 0.0760. The van der Waals surface area contributed by atoms with Crippen molar-refractivity contribution in [3.63, 3.8) is 0 Å². The second-order valence-corrected chi connectivity index (χ2v) is 4.24. The molecule has 1 aromatic rings. The van der Waals surface area contributed by atoms with Gasteiger partial charge in [0.1, 0.15) is 5.56 Å². The molecule has 1 atom stereocenters. The lowest BCUT2D eigenvalue weighted by Crippen LogP contribution is -2.12. The van der Waals surface area contributed by atoms with E-state index in [2.05, 4.69) is 0 Å². The third-order valence-electron chi connectivity index (χ3n) is 2.70. The number of hydrogen-bond donors (Lipinski definition) is 2. The molecule has 0 saturated carbocycles. The first kappa shape index (κ1) is 16.1. The summed E-state index contributed by atoms with van der Waals surface area (Å²) in [6.07, 6.45) is 0.760. The summed E-state index contributed by atoms with van der Waals surface area (Å²) in [6, 6.07) is 5.59. The molecule has 20 heavy (non-hydrogen) atoms. The molecule has 0 saturated heterocycles. The molecule has 0 aliphatic rings. The van der Waals surface area contributed by atoms with Crippen molar-refractivity contribution < 1.29 is 24.7 Å². The Morgan fingerprint density at radius 2 is 2.05 bits per heavy atom. The van der Waals surface area contributed by atoms with E-state index in [-0.39, 0.29) is 24.5 Å². The van der Waals surface area contributed by atoms with E-state index >= 15 is 0 Å². The zero-order valence-corrected chi connectivity index (χ0v) is 10.9. The molecule has 110 valence electrons. The molecule has 0 spiro atoms. The van der Waals surface area contributed by atoms with Crippen molar-refractivity contribution in [2.24, 2.45) is 0 Å². The van der Waals surface area contributed by atoms with Gasteiger partial charge in [0, 0.05) is 6.07 Å². The summed E-state index contributed by atoms with van der Waals surface area (Å²) in [5.74, 6) is -0.736. The average molecular weight is 283 g/mol. The summed E-state index contributed by atoms with van der Waals surface area (Å²) in [4.78, 5) is 21.8. The number of ether oxygens (including phenoxy) is 1. The molecule has 0 aromatic heterocycles. The number of hydrogen-bond acceptors (Lipinski definition) is 6. The van der Waals surface area contributed by atoms with Crippen LogP contribution < -0.4 is 0 Å². The Hall–Kier alpha value is -1.99. The van der Waals surface area contributed by atoms with Crippen LogP contribution in [0.1, 0.15) is 29.6 Å². The van der Waals surface area contributed by atoms with E-state index in [1.807, 2.05) is 0 Å². The fraction of sp³-hybridized carbons (Fsp3) is 0.462. The van der Waals surface area contributed by atoms with Gasteiger partial charge in [-0.2, -0.15) is 0 Å². The fourth-order valence-corrected chi connectivity index (χ4v) is 1.62.